The van der Waals surface area contributed by atoms with E-state index < -0.39 is 21.5 Å². The van der Waals surface area contributed by atoms with E-state index in [0.29, 0.717) is 5.69 Å². The van der Waals surface area contributed by atoms with Crippen molar-refractivity contribution in [2.45, 2.75) is 6.92 Å². The third kappa shape index (κ3) is 4.54. The largest absolute Gasteiger partial charge is 0.329 e. The van der Waals surface area contributed by atoms with Crippen LogP contribution in [0.1, 0.15) is 5.56 Å². The van der Waals surface area contributed by atoms with Gasteiger partial charge in [-0.3, -0.25) is 4.79 Å². The summed E-state index contributed by atoms with van der Waals surface area (Å²) in [7, 11) is -3.40. The zero-order valence-electron chi connectivity index (χ0n) is 9.64. The highest BCUT2D eigenvalue weighted by atomic mass is 32.2. The number of carbonyl (C=O) groups is 1. The quantitative estimate of drug-likeness (QED) is 0.793. The van der Waals surface area contributed by atoms with Crippen LogP contribution in [-0.4, -0.2) is 32.4 Å². The lowest BCUT2D eigenvalue weighted by molar-refractivity contribution is -0.113. The second kappa shape index (κ2) is 5.79. The van der Waals surface area contributed by atoms with Crippen molar-refractivity contribution in [2.75, 3.05) is 23.4 Å². The Balaban J connectivity index is 2.66. The number of para-hydroxylation sites is 1. The molecule has 0 atom stereocenters. The molecule has 0 aliphatic carbocycles. The number of anilines is 1. The second-order valence-corrected chi connectivity index (χ2v) is 5.93. The number of aryl methyl sites for hydroxylation is 1. The van der Waals surface area contributed by atoms with Gasteiger partial charge >= 0.3 is 0 Å². The van der Waals surface area contributed by atoms with Crippen LogP contribution < -0.4 is 11.1 Å². The summed E-state index contributed by atoms with van der Waals surface area (Å²) in [5.41, 5.74) is 6.67. The van der Waals surface area contributed by atoms with Gasteiger partial charge in [-0.1, -0.05) is 18.2 Å². The first kappa shape index (κ1) is 13.7. The average molecular weight is 256 g/mol. The fraction of sp³-hybridized carbons (Fsp3) is 0.364. The van der Waals surface area contributed by atoms with Gasteiger partial charge < -0.3 is 11.1 Å². The van der Waals surface area contributed by atoms with Gasteiger partial charge in [-0.25, -0.2) is 8.42 Å². The van der Waals surface area contributed by atoms with E-state index in [9.17, 15) is 13.2 Å². The van der Waals surface area contributed by atoms with Crippen molar-refractivity contribution in [3.05, 3.63) is 29.8 Å². The Morgan fingerprint density at radius 3 is 2.59 bits per heavy atom. The number of rotatable bonds is 5. The highest BCUT2D eigenvalue weighted by molar-refractivity contribution is 7.92. The maximum Gasteiger partial charge on any atom is 0.239 e. The number of sulfone groups is 1. The molecule has 0 bridgehead atoms. The molecule has 1 aromatic carbocycles. The molecule has 0 fully saturated rings. The molecule has 17 heavy (non-hydrogen) atoms. The van der Waals surface area contributed by atoms with Gasteiger partial charge in [0.25, 0.3) is 0 Å². The molecule has 0 aliphatic heterocycles. The molecule has 0 spiro atoms. The van der Waals surface area contributed by atoms with Crippen LogP contribution in [0, 0.1) is 6.92 Å². The minimum Gasteiger partial charge on any atom is -0.329 e. The number of nitrogens with one attached hydrogen (secondary N) is 1. The molecular weight excluding hydrogens is 240 g/mol. The van der Waals surface area contributed by atoms with Crippen LogP contribution in [0.15, 0.2) is 24.3 Å². The van der Waals surface area contributed by atoms with Gasteiger partial charge in [0.1, 0.15) is 5.75 Å². The lowest BCUT2D eigenvalue weighted by Crippen LogP contribution is -2.27. The lowest BCUT2D eigenvalue weighted by Gasteiger charge is -2.08. The van der Waals surface area contributed by atoms with Gasteiger partial charge in [0.05, 0.1) is 5.75 Å². The molecule has 1 aromatic rings. The van der Waals surface area contributed by atoms with Crippen molar-refractivity contribution < 1.29 is 13.2 Å². The number of hydrogen-bond acceptors (Lipinski definition) is 4. The number of benzene rings is 1. The Bertz CT molecular complexity index is 497. The number of amides is 1. The molecule has 0 unspecified atom stereocenters. The summed E-state index contributed by atoms with van der Waals surface area (Å²) in [5, 5.41) is 2.57. The van der Waals surface area contributed by atoms with Gasteiger partial charge in [0.2, 0.25) is 5.91 Å². The van der Waals surface area contributed by atoms with E-state index in [1.54, 1.807) is 12.1 Å². The summed E-state index contributed by atoms with van der Waals surface area (Å²) in [6, 6.07) is 7.18. The zero-order valence-corrected chi connectivity index (χ0v) is 10.5. The third-order valence-corrected chi connectivity index (χ3v) is 3.76. The van der Waals surface area contributed by atoms with Crippen LogP contribution in [0.25, 0.3) is 0 Å². The topological polar surface area (TPSA) is 89.3 Å². The molecule has 5 nitrogen and oxygen atoms in total. The van der Waals surface area contributed by atoms with Gasteiger partial charge in [0, 0.05) is 12.2 Å². The Morgan fingerprint density at radius 1 is 1.35 bits per heavy atom. The predicted octanol–water partition coefficient (Wildman–Crippen LogP) is 0.307. The van der Waals surface area contributed by atoms with Crippen molar-refractivity contribution in [3.63, 3.8) is 0 Å². The normalized spacial score (nSPS) is 11.2. The summed E-state index contributed by atoms with van der Waals surface area (Å²) in [5.74, 6) is -1.24. The Labute approximate surface area is 101 Å². The van der Waals surface area contributed by atoms with Crippen LogP contribution in [-0.2, 0) is 14.6 Å². The van der Waals surface area contributed by atoms with Crippen LogP contribution in [0.3, 0.4) is 0 Å². The Morgan fingerprint density at radius 2 is 2.00 bits per heavy atom. The van der Waals surface area contributed by atoms with Crippen LogP contribution in [0.4, 0.5) is 5.69 Å². The minimum atomic E-state index is -3.40. The lowest BCUT2D eigenvalue weighted by atomic mass is 10.2. The molecular formula is C11H16N2O3S. The maximum atomic E-state index is 11.5. The summed E-state index contributed by atoms with van der Waals surface area (Å²) in [6.07, 6.45) is 0. The molecule has 1 amide bonds. The fourth-order valence-corrected chi connectivity index (χ4v) is 2.33. The zero-order chi connectivity index (χ0) is 12.9. The third-order valence-electron chi connectivity index (χ3n) is 2.20. The number of nitrogens with two attached hydrogens (primary N) is 1. The molecule has 6 heteroatoms. The average Bonchev–Trinajstić information content (AvgIpc) is 2.20. The first-order valence-corrected chi connectivity index (χ1v) is 7.03. The van der Waals surface area contributed by atoms with Gasteiger partial charge in [-0.05, 0) is 18.6 Å². The van der Waals surface area contributed by atoms with Crippen molar-refractivity contribution >= 4 is 21.4 Å². The fourth-order valence-electron chi connectivity index (χ4n) is 1.35. The van der Waals surface area contributed by atoms with Crippen LogP contribution >= 0.6 is 0 Å². The smallest absolute Gasteiger partial charge is 0.239 e. The van der Waals surface area contributed by atoms with Gasteiger partial charge in [-0.2, -0.15) is 0 Å². The summed E-state index contributed by atoms with van der Waals surface area (Å²) < 4.78 is 22.8. The Kier molecular flexibility index (Phi) is 4.65. The SMILES string of the molecule is Cc1ccccc1NC(=O)CS(=O)(=O)CCN. The maximum absolute atomic E-state index is 11.5. The Hall–Kier alpha value is -1.40. The first-order valence-electron chi connectivity index (χ1n) is 5.20. The van der Waals surface area contributed by atoms with E-state index in [2.05, 4.69) is 5.32 Å². The molecule has 0 aromatic heterocycles. The molecule has 94 valence electrons. The first-order chi connectivity index (χ1) is 7.94. The van der Waals surface area contributed by atoms with E-state index in [1.165, 1.54) is 0 Å². The molecule has 0 saturated heterocycles. The van der Waals surface area contributed by atoms with Gasteiger partial charge in [-0.15, -0.1) is 0 Å². The highest BCUT2D eigenvalue weighted by Crippen LogP contribution is 2.12. The second-order valence-electron chi connectivity index (χ2n) is 3.74. The van der Waals surface area contributed by atoms with Gasteiger partial charge in [0.15, 0.2) is 9.84 Å². The predicted molar refractivity (Wildman–Crippen MR) is 67.5 cm³/mol. The molecule has 0 saturated carbocycles. The van der Waals surface area contributed by atoms with Crippen LogP contribution in [0.2, 0.25) is 0 Å². The summed E-state index contributed by atoms with van der Waals surface area (Å²) >= 11 is 0. The van der Waals surface area contributed by atoms with Crippen molar-refractivity contribution in [3.8, 4) is 0 Å². The van der Waals surface area contributed by atoms with E-state index in [-0.39, 0.29) is 12.3 Å². The molecule has 0 heterocycles. The number of carbonyl (C=O) groups excluding carboxylic acids is 1. The van der Waals surface area contributed by atoms with Crippen LogP contribution in [0.5, 0.6) is 0 Å². The minimum absolute atomic E-state index is 0.0278. The molecule has 0 radical (unpaired) electrons. The molecule has 3 N–H and O–H groups in total. The highest BCUT2D eigenvalue weighted by Gasteiger charge is 2.16. The van der Waals surface area contributed by atoms with E-state index in [4.69, 9.17) is 5.73 Å². The number of hydrogen-bond donors (Lipinski definition) is 2. The molecule has 0 aliphatic rings. The van der Waals surface area contributed by atoms with Crippen molar-refractivity contribution in [2.24, 2.45) is 5.73 Å². The molecule has 1 rings (SSSR count). The standard InChI is InChI=1S/C11H16N2O3S/c1-9-4-2-3-5-10(9)13-11(14)8-17(15,16)7-6-12/h2-5H,6-8,12H2,1H3,(H,13,14). The van der Waals surface area contributed by atoms with E-state index >= 15 is 0 Å². The summed E-state index contributed by atoms with van der Waals surface area (Å²) in [6.45, 7) is 1.87. The van der Waals surface area contributed by atoms with E-state index in [1.807, 2.05) is 19.1 Å². The van der Waals surface area contributed by atoms with Crippen molar-refractivity contribution in [1.29, 1.82) is 0 Å². The van der Waals surface area contributed by atoms with Crippen molar-refractivity contribution in [1.82, 2.24) is 0 Å². The summed E-state index contributed by atoms with van der Waals surface area (Å²) in [4.78, 5) is 11.5. The van der Waals surface area contributed by atoms with E-state index in [0.717, 1.165) is 5.56 Å². The monoisotopic (exact) mass is 256 g/mol.